The maximum Gasteiger partial charge on any atom is 0.835 e. The van der Waals surface area contributed by atoms with Crippen molar-refractivity contribution in [2.45, 2.75) is 0 Å². The van der Waals surface area contributed by atoms with E-state index in [0.717, 1.165) is 9.18 Å². The number of hydrogen-bond donors (Lipinski definition) is 0. The van der Waals surface area contributed by atoms with Gasteiger partial charge in [0.1, 0.15) is 23.5 Å². The van der Waals surface area contributed by atoms with Crippen molar-refractivity contribution in [2.75, 3.05) is 19.0 Å². The molecular formula is C19H13BF2N4OS. The van der Waals surface area contributed by atoms with Gasteiger partial charge in [-0.3, -0.25) is 4.48 Å². The van der Waals surface area contributed by atoms with E-state index in [4.69, 9.17) is 15.2 Å². The Kier molecular flexibility index (Phi) is 4.06. The van der Waals surface area contributed by atoms with Gasteiger partial charge in [0.25, 0.3) is 0 Å². The Hall–Kier alpha value is -3.43. The molecule has 2 aromatic carbocycles. The standard InChI is InChI=1S/C19H13BF2N4OS/c1-25(2)15-8-7-13-18(14(15)9-12(10-23)11-24)27-20(21,22)26-16-5-3-4-6-17(16)28-19(13)26/h3-9H,1-2H3. The minimum absolute atomic E-state index is 0.0224. The number of benzene rings is 2. The Morgan fingerprint density at radius 3 is 2.57 bits per heavy atom. The van der Waals surface area contributed by atoms with Crippen molar-refractivity contribution in [3.05, 3.63) is 47.5 Å². The predicted octanol–water partition coefficient (Wildman–Crippen LogP) is 3.97. The molecule has 4 rings (SSSR count). The smallest absolute Gasteiger partial charge is 0.598 e. The van der Waals surface area contributed by atoms with Crippen molar-refractivity contribution in [2.24, 2.45) is 0 Å². The number of para-hydroxylation sites is 1. The number of hydrogen-bond acceptors (Lipinski definition) is 5. The van der Waals surface area contributed by atoms with Gasteiger partial charge in [-0.05, 0) is 24.3 Å². The first-order chi connectivity index (χ1) is 13.4. The SMILES string of the molecule is CN(C)c1ccc2c(c1C=C(C#N)C#N)O[B-](F)(F)[n+]1c-2sc2ccccc21. The first kappa shape index (κ1) is 18.0. The molecule has 0 atom stereocenters. The van der Waals surface area contributed by atoms with Crippen molar-refractivity contribution < 1.29 is 17.8 Å². The highest BCUT2D eigenvalue weighted by molar-refractivity contribution is 7.21. The number of halogens is 2. The number of thiazole rings is 1. The average molecular weight is 394 g/mol. The Balaban J connectivity index is 2.09. The van der Waals surface area contributed by atoms with Crippen LogP contribution in [0.5, 0.6) is 5.75 Å². The van der Waals surface area contributed by atoms with E-state index in [1.54, 1.807) is 67.5 Å². The van der Waals surface area contributed by atoms with E-state index >= 15 is 8.63 Å². The van der Waals surface area contributed by atoms with Gasteiger partial charge in [0.2, 0.25) is 5.01 Å². The van der Waals surface area contributed by atoms with Crippen LogP contribution in [0.25, 0.3) is 26.9 Å². The molecule has 0 bridgehead atoms. The maximum atomic E-state index is 15.1. The highest BCUT2D eigenvalue weighted by atomic mass is 32.1. The summed E-state index contributed by atoms with van der Waals surface area (Å²) in [5.41, 5.74) is 1.57. The fourth-order valence-electron chi connectivity index (χ4n) is 3.33. The third kappa shape index (κ3) is 2.60. The van der Waals surface area contributed by atoms with Gasteiger partial charge in [-0.15, -0.1) is 0 Å². The fourth-order valence-corrected chi connectivity index (χ4v) is 4.55. The Labute approximate surface area is 164 Å². The zero-order chi connectivity index (χ0) is 20.1. The summed E-state index contributed by atoms with van der Waals surface area (Å²) in [6.45, 7) is 0. The summed E-state index contributed by atoms with van der Waals surface area (Å²) in [6, 6.07) is 14.0. The average Bonchev–Trinajstić information content (AvgIpc) is 3.06. The van der Waals surface area contributed by atoms with Crippen LogP contribution in [0.2, 0.25) is 0 Å². The van der Waals surface area contributed by atoms with Crippen molar-refractivity contribution >= 4 is 40.4 Å². The lowest BCUT2D eigenvalue weighted by Gasteiger charge is -2.30. The zero-order valence-corrected chi connectivity index (χ0v) is 15.8. The lowest BCUT2D eigenvalue weighted by molar-refractivity contribution is -0.537. The number of nitriles is 2. The summed E-state index contributed by atoms with van der Waals surface area (Å²) in [4.78, 5) is 1.72. The molecule has 0 saturated carbocycles. The lowest BCUT2D eigenvalue weighted by atomic mass is 9.95. The second-order valence-electron chi connectivity index (χ2n) is 6.48. The molecule has 5 nitrogen and oxygen atoms in total. The fraction of sp³-hybridized carbons (Fsp3) is 0.105. The minimum Gasteiger partial charge on any atom is -0.598 e. The molecule has 3 aromatic rings. The van der Waals surface area contributed by atoms with Gasteiger partial charge < -0.3 is 18.2 Å². The number of rotatable bonds is 2. The molecule has 2 heterocycles. The van der Waals surface area contributed by atoms with Gasteiger partial charge in [0.05, 0.1) is 10.3 Å². The molecule has 0 spiro atoms. The van der Waals surface area contributed by atoms with E-state index in [0.29, 0.717) is 21.8 Å². The van der Waals surface area contributed by atoms with Crippen LogP contribution in [0.3, 0.4) is 0 Å². The molecule has 1 aliphatic heterocycles. The van der Waals surface area contributed by atoms with Crippen molar-refractivity contribution in [3.8, 4) is 28.5 Å². The van der Waals surface area contributed by atoms with Crippen molar-refractivity contribution in [1.29, 1.82) is 10.5 Å². The summed E-state index contributed by atoms with van der Waals surface area (Å²) in [5.74, 6) is -0.0224. The Bertz CT molecular complexity index is 1220. The summed E-state index contributed by atoms with van der Waals surface area (Å²) in [5, 5.41) is 18.6. The summed E-state index contributed by atoms with van der Waals surface area (Å²) in [7, 11) is -0.877. The molecule has 9 heteroatoms. The van der Waals surface area contributed by atoms with Gasteiger partial charge in [-0.2, -0.15) is 10.5 Å². The molecule has 0 amide bonds. The monoisotopic (exact) mass is 394 g/mol. The third-order valence-corrected chi connectivity index (χ3v) is 5.70. The molecule has 0 unspecified atom stereocenters. The summed E-state index contributed by atoms with van der Waals surface area (Å²) in [6.07, 6.45) is 1.29. The van der Waals surface area contributed by atoms with E-state index in [1.165, 1.54) is 17.4 Å². The number of nitrogens with zero attached hydrogens (tertiary/aromatic N) is 4. The molecule has 1 aliphatic rings. The molecule has 0 N–H and O–H groups in total. The molecule has 0 radical (unpaired) electrons. The van der Waals surface area contributed by atoms with Gasteiger partial charge in [0.15, 0.2) is 5.52 Å². The maximum absolute atomic E-state index is 15.1. The predicted molar refractivity (Wildman–Crippen MR) is 105 cm³/mol. The van der Waals surface area contributed by atoms with Crippen LogP contribution >= 0.6 is 11.3 Å². The molecule has 1 aromatic heterocycles. The van der Waals surface area contributed by atoms with Gasteiger partial charge in [0, 0.05) is 31.4 Å². The van der Waals surface area contributed by atoms with Crippen LogP contribution in [-0.4, -0.2) is 21.1 Å². The molecule has 28 heavy (non-hydrogen) atoms. The van der Waals surface area contributed by atoms with Gasteiger partial charge in [-0.1, -0.05) is 23.5 Å². The summed E-state index contributed by atoms with van der Waals surface area (Å²) < 4.78 is 37.1. The van der Waals surface area contributed by atoms with E-state index in [2.05, 4.69) is 0 Å². The normalized spacial score (nSPS) is 13.5. The first-order valence-electron chi connectivity index (χ1n) is 8.37. The van der Waals surface area contributed by atoms with Crippen LogP contribution in [0, 0.1) is 22.7 Å². The Morgan fingerprint density at radius 2 is 1.89 bits per heavy atom. The number of aromatic nitrogens is 1. The minimum atomic E-state index is -4.38. The van der Waals surface area contributed by atoms with Crippen molar-refractivity contribution in [1.82, 2.24) is 0 Å². The second-order valence-corrected chi connectivity index (χ2v) is 7.51. The van der Waals surface area contributed by atoms with E-state index < -0.39 is 7.04 Å². The van der Waals surface area contributed by atoms with Gasteiger partial charge in [-0.25, -0.2) is 0 Å². The molecular weight excluding hydrogens is 381 g/mol. The molecule has 0 aliphatic carbocycles. The third-order valence-electron chi connectivity index (χ3n) is 4.53. The topological polar surface area (TPSA) is 63.9 Å². The van der Waals surface area contributed by atoms with Crippen LogP contribution in [0.15, 0.2) is 42.0 Å². The van der Waals surface area contributed by atoms with Crippen LogP contribution < -0.4 is 14.0 Å². The van der Waals surface area contributed by atoms with Crippen LogP contribution in [0.4, 0.5) is 14.3 Å². The largest absolute Gasteiger partial charge is 0.835 e. The Morgan fingerprint density at radius 1 is 1.18 bits per heavy atom. The highest BCUT2D eigenvalue weighted by Gasteiger charge is 2.53. The zero-order valence-electron chi connectivity index (χ0n) is 15.0. The number of fused-ring (bicyclic) bond motifs is 5. The van der Waals surface area contributed by atoms with Gasteiger partial charge >= 0.3 is 7.04 Å². The molecule has 0 fully saturated rings. The lowest BCUT2D eigenvalue weighted by Crippen LogP contribution is -2.65. The quantitative estimate of drug-likeness (QED) is 0.488. The van der Waals surface area contributed by atoms with Crippen LogP contribution in [-0.2, 0) is 0 Å². The number of allylic oxidation sites excluding steroid dienone is 1. The number of anilines is 1. The van der Waals surface area contributed by atoms with Crippen molar-refractivity contribution in [3.63, 3.8) is 0 Å². The molecule has 0 saturated heterocycles. The van der Waals surface area contributed by atoms with E-state index in [-0.39, 0.29) is 16.9 Å². The molecule has 138 valence electrons. The second kappa shape index (κ2) is 6.33. The van der Waals surface area contributed by atoms with Crippen LogP contribution in [0.1, 0.15) is 5.56 Å². The van der Waals surface area contributed by atoms with E-state index in [1.807, 2.05) is 0 Å². The highest BCUT2D eigenvalue weighted by Crippen LogP contribution is 2.45. The van der Waals surface area contributed by atoms with E-state index in [9.17, 15) is 0 Å². The summed E-state index contributed by atoms with van der Waals surface area (Å²) >= 11 is 1.25. The first-order valence-corrected chi connectivity index (χ1v) is 9.19.